The zero-order valence-electron chi connectivity index (χ0n) is 10.7. The number of hydrogen-bond acceptors (Lipinski definition) is 5. The molecule has 20 heavy (non-hydrogen) atoms. The van der Waals surface area contributed by atoms with Crippen LogP contribution in [0.5, 0.6) is 11.5 Å². The molecule has 0 saturated heterocycles. The topological polar surface area (TPSA) is 65.0 Å². The molecule has 0 saturated carbocycles. The van der Waals surface area contributed by atoms with E-state index in [1.54, 1.807) is 48.5 Å². The average Bonchev–Trinajstić information content (AvgIpc) is 2.48. The predicted molar refractivity (Wildman–Crippen MR) is 72.1 cm³/mol. The summed E-state index contributed by atoms with van der Waals surface area (Å²) in [5.41, 5.74) is 0.905. The molecule has 2 rings (SSSR count). The molecule has 0 aliphatic rings. The Balaban J connectivity index is 2.15. The number of carbonyl (C=O) groups is 1. The molecule has 0 atom stereocenters. The lowest BCUT2D eigenvalue weighted by Crippen LogP contribution is -2.00. The summed E-state index contributed by atoms with van der Waals surface area (Å²) in [6.45, 7) is 0. The first-order valence-electron chi connectivity index (χ1n) is 5.77. The molecule has 5 nitrogen and oxygen atoms in total. The molecular formula is C15H11NO4. The van der Waals surface area contributed by atoms with Crippen molar-refractivity contribution in [3.8, 4) is 11.5 Å². The quantitative estimate of drug-likeness (QED) is 0.485. The first-order chi connectivity index (χ1) is 9.72. The van der Waals surface area contributed by atoms with Crippen LogP contribution in [0.4, 0.5) is 5.69 Å². The van der Waals surface area contributed by atoms with Gasteiger partial charge in [0, 0.05) is 6.07 Å². The monoisotopic (exact) mass is 269 g/mol. The van der Waals surface area contributed by atoms with Gasteiger partial charge in [-0.1, -0.05) is 6.07 Å². The van der Waals surface area contributed by atoms with Gasteiger partial charge in [0.1, 0.15) is 11.5 Å². The summed E-state index contributed by atoms with van der Waals surface area (Å²) in [5.74, 6) is 0.691. The lowest BCUT2D eigenvalue weighted by molar-refractivity contribution is 0.0600. The maximum Gasteiger partial charge on any atom is 0.337 e. The Hall–Kier alpha value is -2.91. The Bertz CT molecular complexity index is 658. The Kier molecular flexibility index (Phi) is 4.27. The van der Waals surface area contributed by atoms with Gasteiger partial charge in [0.2, 0.25) is 6.08 Å². The second kappa shape index (κ2) is 6.31. The highest BCUT2D eigenvalue weighted by molar-refractivity contribution is 5.89. The number of ether oxygens (including phenoxy) is 2. The smallest absolute Gasteiger partial charge is 0.337 e. The van der Waals surface area contributed by atoms with Gasteiger partial charge in [0.25, 0.3) is 0 Å². The van der Waals surface area contributed by atoms with Gasteiger partial charge in [0.05, 0.1) is 18.4 Å². The van der Waals surface area contributed by atoms with E-state index in [4.69, 9.17) is 4.74 Å². The summed E-state index contributed by atoms with van der Waals surface area (Å²) in [7, 11) is 1.33. The molecule has 0 bridgehead atoms. The molecule has 0 amide bonds. The molecule has 0 unspecified atom stereocenters. The van der Waals surface area contributed by atoms with Crippen molar-refractivity contribution in [1.82, 2.24) is 0 Å². The van der Waals surface area contributed by atoms with E-state index in [0.717, 1.165) is 0 Å². The van der Waals surface area contributed by atoms with Crippen LogP contribution in [0, 0.1) is 0 Å². The fourth-order valence-electron chi connectivity index (χ4n) is 1.58. The molecule has 0 aromatic heterocycles. The van der Waals surface area contributed by atoms with Crippen molar-refractivity contribution in [2.24, 2.45) is 4.99 Å². The highest BCUT2D eigenvalue weighted by Gasteiger charge is 2.05. The Morgan fingerprint density at radius 1 is 1.10 bits per heavy atom. The summed E-state index contributed by atoms with van der Waals surface area (Å²) in [6.07, 6.45) is 1.47. The summed E-state index contributed by atoms with van der Waals surface area (Å²) in [4.78, 5) is 25.0. The Morgan fingerprint density at radius 3 is 2.50 bits per heavy atom. The minimum absolute atomic E-state index is 0.404. The van der Waals surface area contributed by atoms with Crippen LogP contribution in [0.3, 0.4) is 0 Å². The molecule has 0 aliphatic carbocycles. The van der Waals surface area contributed by atoms with Gasteiger partial charge in [-0.05, 0) is 36.4 Å². The fourth-order valence-corrected chi connectivity index (χ4v) is 1.58. The van der Waals surface area contributed by atoms with Gasteiger partial charge in [-0.3, -0.25) is 0 Å². The molecular weight excluding hydrogens is 258 g/mol. The van der Waals surface area contributed by atoms with Crippen molar-refractivity contribution in [2.75, 3.05) is 7.11 Å². The lowest BCUT2D eigenvalue weighted by Gasteiger charge is -2.06. The maximum absolute atomic E-state index is 11.3. The van der Waals surface area contributed by atoms with Crippen LogP contribution >= 0.6 is 0 Å². The van der Waals surface area contributed by atoms with E-state index >= 15 is 0 Å². The number of aliphatic imine (C=N–C) groups is 1. The van der Waals surface area contributed by atoms with Gasteiger partial charge < -0.3 is 9.47 Å². The van der Waals surface area contributed by atoms with Gasteiger partial charge in [-0.15, -0.1) is 0 Å². The first kappa shape index (κ1) is 13.5. The summed E-state index contributed by atoms with van der Waals surface area (Å²) >= 11 is 0. The van der Waals surface area contributed by atoms with Crippen LogP contribution in [0.1, 0.15) is 10.4 Å². The third kappa shape index (κ3) is 3.31. The normalized spacial score (nSPS) is 9.45. The molecule has 2 aromatic carbocycles. The van der Waals surface area contributed by atoms with E-state index in [1.807, 2.05) is 0 Å². The minimum atomic E-state index is -0.404. The Labute approximate surface area is 115 Å². The standard InChI is InChI=1S/C15H11NO4/c1-19-15(18)11-5-7-13(8-6-11)20-14-4-2-3-12(9-14)16-10-17/h2-9H,1H3. The van der Waals surface area contributed by atoms with E-state index in [1.165, 1.54) is 13.2 Å². The lowest BCUT2D eigenvalue weighted by atomic mass is 10.2. The number of esters is 1. The molecule has 0 radical (unpaired) electrons. The van der Waals surface area contributed by atoms with Gasteiger partial charge in [-0.25, -0.2) is 9.59 Å². The van der Waals surface area contributed by atoms with Crippen molar-refractivity contribution in [1.29, 1.82) is 0 Å². The van der Waals surface area contributed by atoms with Crippen LogP contribution in [0.15, 0.2) is 53.5 Å². The van der Waals surface area contributed by atoms with Crippen molar-refractivity contribution in [3.05, 3.63) is 54.1 Å². The SMILES string of the molecule is COC(=O)c1ccc(Oc2cccc(N=C=O)c2)cc1. The number of benzene rings is 2. The second-order valence-corrected chi connectivity index (χ2v) is 3.82. The molecule has 5 heteroatoms. The van der Waals surface area contributed by atoms with Crippen molar-refractivity contribution in [3.63, 3.8) is 0 Å². The first-order valence-corrected chi connectivity index (χ1v) is 5.77. The third-order valence-electron chi connectivity index (χ3n) is 2.50. The maximum atomic E-state index is 11.3. The second-order valence-electron chi connectivity index (χ2n) is 3.82. The molecule has 0 fully saturated rings. The van der Waals surface area contributed by atoms with Crippen molar-refractivity contribution in [2.45, 2.75) is 0 Å². The summed E-state index contributed by atoms with van der Waals surface area (Å²) in [6, 6.07) is 13.2. The van der Waals surface area contributed by atoms with Gasteiger partial charge >= 0.3 is 5.97 Å². The van der Waals surface area contributed by atoms with E-state index in [2.05, 4.69) is 9.73 Å². The number of carbonyl (C=O) groups excluding carboxylic acids is 2. The predicted octanol–water partition coefficient (Wildman–Crippen LogP) is 3.23. The largest absolute Gasteiger partial charge is 0.465 e. The fraction of sp³-hybridized carbons (Fsp3) is 0.0667. The summed E-state index contributed by atoms with van der Waals surface area (Å²) < 4.78 is 10.2. The van der Waals surface area contributed by atoms with E-state index in [0.29, 0.717) is 22.7 Å². The number of methoxy groups -OCH3 is 1. The zero-order valence-corrected chi connectivity index (χ0v) is 10.7. The number of hydrogen-bond donors (Lipinski definition) is 0. The molecule has 0 aliphatic heterocycles. The Morgan fingerprint density at radius 2 is 1.85 bits per heavy atom. The number of isocyanates is 1. The van der Waals surface area contributed by atoms with E-state index < -0.39 is 5.97 Å². The zero-order chi connectivity index (χ0) is 14.4. The van der Waals surface area contributed by atoms with Crippen LogP contribution < -0.4 is 4.74 Å². The molecule has 100 valence electrons. The van der Waals surface area contributed by atoms with E-state index in [-0.39, 0.29) is 0 Å². The highest BCUT2D eigenvalue weighted by atomic mass is 16.5. The van der Waals surface area contributed by atoms with E-state index in [9.17, 15) is 9.59 Å². The highest BCUT2D eigenvalue weighted by Crippen LogP contribution is 2.25. The van der Waals surface area contributed by atoms with Crippen LogP contribution in [0.25, 0.3) is 0 Å². The average molecular weight is 269 g/mol. The van der Waals surface area contributed by atoms with Crippen molar-refractivity contribution >= 4 is 17.7 Å². The third-order valence-corrected chi connectivity index (χ3v) is 2.50. The van der Waals surface area contributed by atoms with Crippen molar-refractivity contribution < 1.29 is 19.1 Å². The molecule has 0 spiro atoms. The van der Waals surface area contributed by atoms with Crippen LogP contribution in [-0.2, 0) is 9.53 Å². The number of nitrogens with zero attached hydrogens (tertiary/aromatic N) is 1. The molecule has 2 aromatic rings. The van der Waals surface area contributed by atoms with Gasteiger partial charge in [0.15, 0.2) is 0 Å². The van der Waals surface area contributed by atoms with Crippen LogP contribution in [0.2, 0.25) is 0 Å². The minimum Gasteiger partial charge on any atom is -0.465 e. The van der Waals surface area contributed by atoms with Gasteiger partial charge in [-0.2, -0.15) is 4.99 Å². The van der Waals surface area contributed by atoms with Crippen LogP contribution in [-0.4, -0.2) is 19.2 Å². The number of rotatable bonds is 4. The molecule has 0 N–H and O–H groups in total. The summed E-state index contributed by atoms with van der Waals surface area (Å²) in [5, 5.41) is 0. The molecule has 0 heterocycles.